The first-order valence-electron chi connectivity index (χ1n) is 6.09. The molecule has 1 amide bonds. The number of carbonyl (C=O) groups excluding carboxylic acids is 1. The van der Waals surface area contributed by atoms with E-state index in [-0.39, 0.29) is 5.91 Å². The summed E-state index contributed by atoms with van der Waals surface area (Å²) in [5, 5.41) is 3.73. The highest BCUT2D eigenvalue weighted by molar-refractivity contribution is 7.15. The first-order valence-corrected chi connectivity index (χ1v) is 8.06. The Hall–Kier alpha value is -1.76. The van der Waals surface area contributed by atoms with Crippen LogP contribution in [0.15, 0.2) is 36.4 Å². The predicted octanol–water partition coefficient (Wildman–Crippen LogP) is 4.48. The van der Waals surface area contributed by atoms with Crippen LogP contribution in [0.2, 0.25) is 5.02 Å². The van der Waals surface area contributed by atoms with Gasteiger partial charge < -0.3 is 0 Å². The number of aryl methyl sites for hydroxylation is 1. The SMILES string of the molecule is Cc1ccc(-c2nsc(NC(=O)c3cccc(Cl)c3)n2)s1. The van der Waals surface area contributed by atoms with Crippen LogP contribution in [0, 0.1) is 6.92 Å². The number of nitrogens with zero attached hydrogens (tertiary/aromatic N) is 2. The lowest BCUT2D eigenvalue weighted by atomic mass is 10.2. The van der Waals surface area contributed by atoms with E-state index in [9.17, 15) is 4.79 Å². The Kier molecular flexibility index (Phi) is 4.01. The molecule has 0 saturated carbocycles. The van der Waals surface area contributed by atoms with Crippen LogP contribution in [-0.2, 0) is 0 Å². The third-order valence-corrected chi connectivity index (χ3v) is 4.56. The van der Waals surface area contributed by atoms with Crippen LogP contribution in [-0.4, -0.2) is 15.3 Å². The molecular weight excluding hydrogens is 326 g/mol. The van der Waals surface area contributed by atoms with E-state index in [1.54, 1.807) is 35.6 Å². The topological polar surface area (TPSA) is 54.9 Å². The minimum atomic E-state index is -0.248. The monoisotopic (exact) mass is 335 g/mol. The van der Waals surface area contributed by atoms with E-state index in [0.29, 0.717) is 21.5 Å². The molecule has 1 N–H and O–H groups in total. The van der Waals surface area contributed by atoms with Crippen LogP contribution >= 0.6 is 34.5 Å². The molecular formula is C14H10ClN3OS2. The number of hydrogen-bond donors (Lipinski definition) is 1. The van der Waals surface area contributed by atoms with Gasteiger partial charge in [-0.2, -0.15) is 9.36 Å². The molecule has 0 atom stereocenters. The van der Waals surface area contributed by atoms with Crippen molar-refractivity contribution >= 4 is 45.5 Å². The van der Waals surface area contributed by atoms with E-state index in [0.717, 1.165) is 16.4 Å². The van der Waals surface area contributed by atoms with Crippen molar-refractivity contribution in [2.45, 2.75) is 6.92 Å². The number of anilines is 1. The molecule has 3 aromatic rings. The summed E-state index contributed by atoms with van der Waals surface area (Å²) in [6.45, 7) is 2.03. The van der Waals surface area contributed by atoms with Crippen molar-refractivity contribution in [3.63, 3.8) is 0 Å². The molecule has 0 saturated heterocycles. The maximum absolute atomic E-state index is 12.1. The highest BCUT2D eigenvalue weighted by atomic mass is 35.5. The lowest BCUT2D eigenvalue weighted by molar-refractivity contribution is 0.102. The summed E-state index contributed by atoms with van der Waals surface area (Å²) in [6.07, 6.45) is 0. The average Bonchev–Trinajstić information content (AvgIpc) is 3.07. The Morgan fingerprint density at radius 3 is 2.86 bits per heavy atom. The lowest BCUT2D eigenvalue weighted by Crippen LogP contribution is -2.11. The molecule has 0 unspecified atom stereocenters. The van der Waals surface area contributed by atoms with Crippen molar-refractivity contribution in [1.82, 2.24) is 9.36 Å². The van der Waals surface area contributed by atoms with E-state index in [1.165, 1.54) is 4.88 Å². The maximum atomic E-state index is 12.1. The Morgan fingerprint density at radius 2 is 2.14 bits per heavy atom. The number of aromatic nitrogens is 2. The molecule has 0 aliphatic heterocycles. The van der Waals surface area contributed by atoms with Crippen molar-refractivity contribution in [2.24, 2.45) is 0 Å². The summed E-state index contributed by atoms with van der Waals surface area (Å²) in [7, 11) is 0. The lowest BCUT2D eigenvalue weighted by Gasteiger charge is -2.01. The van der Waals surface area contributed by atoms with Crippen molar-refractivity contribution in [1.29, 1.82) is 0 Å². The molecule has 21 heavy (non-hydrogen) atoms. The number of thiophene rings is 1. The van der Waals surface area contributed by atoms with E-state index < -0.39 is 0 Å². The summed E-state index contributed by atoms with van der Waals surface area (Å²) >= 11 is 8.66. The first kappa shape index (κ1) is 14.2. The number of rotatable bonds is 3. The second kappa shape index (κ2) is 5.93. The van der Waals surface area contributed by atoms with Crippen molar-refractivity contribution in [3.8, 4) is 10.7 Å². The standard InChI is InChI=1S/C14H10ClN3OS2/c1-8-5-6-11(20-8)12-16-14(21-18-12)17-13(19)9-3-2-4-10(15)7-9/h2-7H,1H3,(H,16,17,18,19). The van der Waals surface area contributed by atoms with E-state index in [4.69, 9.17) is 11.6 Å². The largest absolute Gasteiger partial charge is 0.297 e. The van der Waals surface area contributed by atoms with Gasteiger partial charge >= 0.3 is 0 Å². The zero-order chi connectivity index (χ0) is 14.8. The molecule has 0 radical (unpaired) electrons. The number of nitrogens with one attached hydrogen (secondary N) is 1. The van der Waals surface area contributed by atoms with Gasteiger partial charge in [0, 0.05) is 27.0 Å². The Labute approximate surface area is 134 Å². The van der Waals surface area contributed by atoms with Gasteiger partial charge in [-0.1, -0.05) is 17.7 Å². The van der Waals surface area contributed by atoms with Gasteiger partial charge in [-0.3, -0.25) is 10.1 Å². The summed E-state index contributed by atoms with van der Waals surface area (Å²) in [5.74, 6) is 0.391. The minimum absolute atomic E-state index is 0.248. The fraction of sp³-hybridized carbons (Fsp3) is 0.0714. The van der Waals surface area contributed by atoms with E-state index in [1.807, 2.05) is 19.1 Å². The highest BCUT2D eigenvalue weighted by Gasteiger charge is 2.12. The predicted molar refractivity (Wildman–Crippen MR) is 87.4 cm³/mol. The van der Waals surface area contributed by atoms with Gasteiger partial charge in [-0.25, -0.2) is 0 Å². The summed E-state index contributed by atoms with van der Waals surface area (Å²) < 4.78 is 4.26. The molecule has 2 heterocycles. The van der Waals surface area contributed by atoms with Gasteiger partial charge in [0.1, 0.15) is 0 Å². The van der Waals surface area contributed by atoms with Crippen LogP contribution in [0.3, 0.4) is 0 Å². The number of halogens is 1. The van der Waals surface area contributed by atoms with Gasteiger partial charge in [0.05, 0.1) is 4.88 Å². The van der Waals surface area contributed by atoms with E-state index >= 15 is 0 Å². The first-order chi connectivity index (χ1) is 10.1. The van der Waals surface area contributed by atoms with Crippen molar-refractivity contribution < 1.29 is 4.79 Å². The molecule has 7 heteroatoms. The highest BCUT2D eigenvalue weighted by Crippen LogP contribution is 2.27. The van der Waals surface area contributed by atoms with Crippen LogP contribution in [0.1, 0.15) is 15.2 Å². The van der Waals surface area contributed by atoms with Crippen LogP contribution in [0.25, 0.3) is 10.7 Å². The quantitative estimate of drug-likeness (QED) is 0.767. The van der Waals surface area contributed by atoms with Crippen LogP contribution < -0.4 is 5.32 Å². The Morgan fingerprint density at radius 1 is 1.29 bits per heavy atom. The third kappa shape index (κ3) is 3.29. The van der Waals surface area contributed by atoms with Crippen molar-refractivity contribution in [2.75, 3.05) is 5.32 Å². The van der Waals surface area contributed by atoms with Gasteiger partial charge in [0.15, 0.2) is 5.82 Å². The number of carbonyl (C=O) groups is 1. The van der Waals surface area contributed by atoms with Crippen LogP contribution in [0.5, 0.6) is 0 Å². The second-order valence-electron chi connectivity index (χ2n) is 4.30. The van der Waals surface area contributed by atoms with Gasteiger partial charge in [0.2, 0.25) is 5.13 Å². The normalized spacial score (nSPS) is 10.6. The second-order valence-corrected chi connectivity index (χ2v) is 6.77. The van der Waals surface area contributed by atoms with Gasteiger partial charge in [0.25, 0.3) is 5.91 Å². The van der Waals surface area contributed by atoms with Crippen LogP contribution in [0.4, 0.5) is 5.13 Å². The molecule has 0 fully saturated rings. The molecule has 1 aromatic carbocycles. The molecule has 2 aromatic heterocycles. The molecule has 4 nitrogen and oxygen atoms in total. The molecule has 0 aliphatic carbocycles. The number of benzene rings is 1. The van der Waals surface area contributed by atoms with E-state index in [2.05, 4.69) is 14.7 Å². The third-order valence-electron chi connectivity index (χ3n) is 2.69. The Balaban J connectivity index is 1.77. The molecule has 3 rings (SSSR count). The zero-order valence-corrected chi connectivity index (χ0v) is 13.4. The zero-order valence-electron chi connectivity index (χ0n) is 11.0. The number of hydrogen-bond acceptors (Lipinski definition) is 5. The fourth-order valence-corrected chi connectivity index (χ4v) is 3.36. The molecule has 106 valence electrons. The molecule has 0 bridgehead atoms. The summed E-state index contributed by atoms with van der Waals surface area (Å²) in [5.41, 5.74) is 0.492. The van der Waals surface area contributed by atoms with Gasteiger partial charge in [-0.05, 0) is 37.3 Å². The smallest absolute Gasteiger partial charge is 0.257 e. The number of amides is 1. The minimum Gasteiger partial charge on any atom is -0.297 e. The summed E-state index contributed by atoms with van der Waals surface area (Å²) in [4.78, 5) is 18.6. The molecule has 0 aliphatic rings. The Bertz CT molecular complexity index is 797. The summed E-state index contributed by atoms with van der Waals surface area (Å²) in [6, 6.07) is 10.8. The average molecular weight is 336 g/mol. The maximum Gasteiger partial charge on any atom is 0.257 e. The van der Waals surface area contributed by atoms with Gasteiger partial charge in [-0.15, -0.1) is 11.3 Å². The van der Waals surface area contributed by atoms with Crippen molar-refractivity contribution in [3.05, 3.63) is 51.9 Å². The molecule has 0 spiro atoms. The fourth-order valence-electron chi connectivity index (χ4n) is 1.73.